The molecule has 0 radical (unpaired) electrons. The highest BCUT2D eigenvalue weighted by atomic mass is 32.2. The van der Waals surface area contributed by atoms with Gasteiger partial charge in [-0.15, -0.1) is 11.3 Å². The summed E-state index contributed by atoms with van der Waals surface area (Å²) < 4.78 is 108. The van der Waals surface area contributed by atoms with E-state index in [9.17, 15) is 30.4 Å². The SMILES string of the molecule is Cc1ccc(CN(c2ccc3c(c2)OCCO3)S(=O)(=O)c2c(F)c(F)c(F)c(F)c2F)s1. The van der Waals surface area contributed by atoms with Gasteiger partial charge >= 0.3 is 0 Å². The molecule has 5 nitrogen and oxygen atoms in total. The van der Waals surface area contributed by atoms with Gasteiger partial charge < -0.3 is 9.47 Å². The van der Waals surface area contributed by atoms with Crippen molar-refractivity contribution in [1.82, 2.24) is 0 Å². The summed E-state index contributed by atoms with van der Waals surface area (Å²) in [5.74, 6) is -11.5. The lowest BCUT2D eigenvalue weighted by Crippen LogP contribution is -2.32. The molecule has 170 valence electrons. The third-order valence-corrected chi connectivity index (χ3v) is 7.41. The zero-order chi connectivity index (χ0) is 23.2. The monoisotopic (exact) mass is 491 g/mol. The Balaban J connectivity index is 1.90. The molecule has 0 fully saturated rings. The Morgan fingerprint density at radius 2 is 1.47 bits per heavy atom. The van der Waals surface area contributed by atoms with Gasteiger partial charge in [-0.1, -0.05) is 0 Å². The van der Waals surface area contributed by atoms with Crippen molar-refractivity contribution in [2.45, 2.75) is 18.4 Å². The molecular formula is C20H14F5NO4S2. The number of rotatable bonds is 5. The van der Waals surface area contributed by atoms with E-state index < -0.39 is 50.5 Å². The van der Waals surface area contributed by atoms with Gasteiger partial charge in [0, 0.05) is 15.8 Å². The minimum absolute atomic E-state index is 0.107. The minimum atomic E-state index is -5.25. The molecule has 32 heavy (non-hydrogen) atoms. The highest BCUT2D eigenvalue weighted by Crippen LogP contribution is 2.38. The molecule has 0 spiro atoms. The lowest BCUT2D eigenvalue weighted by Gasteiger charge is -2.26. The van der Waals surface area contributed by atoms with Crippen LogP contribution < -0.4 is 13.8 Å². The van der Waals surface area contributed by atoms with Crippen molar-refractivity contribution in [3.8, 4) is 11.5 Å². The Morgan fingerprint density at radius 3 is 2.06 bits per heavy atom. The predicted molar refractivity (Wildman–Crippen MR) is 106 cm³/mol. The number of nitrogens with zero attached hydrogens (tertiary/aromatic N) is 1. The largest absolute Gasteiger partial charge is 0.486 e. The Morgan fingerprint density at radius 1 is 0.875 bits per heavy atom. The van der Waals surface area contributed by atoms with Gasteiger partial charge in [0.1, 0.15) is 13.2 Å². The maximum absolute atomic E-state index is 14.4. The van der Waals surface area contributed by atoms with Gasteiger partial charge in [0.15, 0.2) is 39.7 Å². The van der Waals surface area contributed by atoms with Crippen LogP contribution >= 0.6 is 11.3 Å². The molecular weight excluding hydrogens is 477 g/mol. The molecule has 0 aliphatic carbocycles. The molecule has 2 aromatic carbocycles. The van der Waals surface area contributed by atoms with Gasteiger partial charge in [-0.2, -0.15) is 0 Å². The Bertz CT molecular complexity index is 1280. The van der Waals surface area contributed by atoms with E-state index in [1.54, 1.807) is 19.1 Å². The summed E-state index contributed by atoms with van der Waals surface area (Å²) in [7, 11) is -5.25. The van der Waals surface area contributed by atoms with Crippen LogP contribution in [0.5, 0.6) is 11.5 Å². The normalized spacial score (nSPS) is 13.3. The highest BCUT2D eigenvalue weighted by molar-refractivity contribution is 7.92. The van der Waals surface area contributed by atoms with Crippen molar-refractivity contribution >= 4 is 27.0 Å². The van der Waals surface area contributed by atoms with Crippen LogP contribution in [0.25, 0.3) is 0 Å². The van der Waals surface area contributed by atoms with Crippen molar-refractivity contribution in [2.24, 2.45) is 0 Å². The number of thiophene rings is 1. The topological polar surface area (TPSA) is 55.8 Å². The summed E-state index contributed by atoms with van der Waals surface area (Å²) in [6, 6.07) is 7.24. The third kappa shape index (κ3) is 3.77. The highest BCUT2D eigenvalue weighted by Gasteiger charge is 2.38. The number of ether oxygens (including phenoxy) is 2. The number of anilines is 1. The van der Waals surface area contributed by atoms with Crippen molar-refractivity contribution < 1.29 is 39.8 Å². The molecule has 3 aromatic rings. The van der Waals surface area contributed by atoms with Crippen LogP contribution in [0.1, 0.15) is 9.75 Å². The van der Waals surface area contributed by atoms with Crippen LogP contribution in [0.3, 0.4) is 0 Å². The van der Waals surface area contributed by atoms with Crippen LogP contribution in [0.2, 0.25) is 0 Å². The first-order valence-electron chi connectivity index (χ1n) is 9.10. The fourth-order valence-electron chi connectivity index (χ4n) is 3.14. The van der Waals surface area contributed by atoms with Gasteiger partial charge in [0.05, 0.1) is 12.2 Å². The molecule has 0 saturated carbocycles. The van der Waals surface area contributed by atoms with E-state index in [2.05, 4.69) is 0 Å². The molecule has 1 aromatic heterocycles. The molecule has 0 amide bonds. The lowest BCUT2D eigenvalue weighted by atomic mass is 10.2. The fraction of sp³-hybridized carbons (Fsp3) is 0.200. The number of sulfonamides is 1. The summed E-state index contributed by atoms with van der Waals surface area (Å²) in [6.45, 7) is 1.81. The summed E-state index contributed by atoms with van der Waals surface area (Å²) in [5, 5.41) is 0. The molecule has 2 heterocycles. The second-order valence-electron chi connectivity index (χ2n) is 6.75. The van der Waals surface area contributed by atoms with Gasteiger partial charge in [0.2, 0.25) is 5.82 Å². The minimum Gasteiger partial charge on any atom is -0.486 e. The smallest absolute Gasteiger partial charge is 0.270 e. The molecule has 0 saturated heterocycles. The van der Waals surface area contributed by atoms with Gasteiger partial charge in [-0.05, 0) is 31.2 Å². The van der Waals surface area contributed by atoms with Gasteiger partial charge in [-0.25, -0.2) is 30.4 Å². The van der Waals surface area contributed by atoms with E-state index in [-0.39, 0.29) is 24.7 Å². The molecule has 0 unspecified atom stereocenters. The average Bonchev–Trinajstić information content (AvgIpc) is 3.19. The molecule has 1 aliphatic rings. The Kier molecular flexibility index (Phi) is 5.76. The Hall–Kier alpha value is -2.86. The number of halogens is 5. The first-order valence-corrected chi connectivity index (χ1v) is 11.4. The van der Waals surface area contributed by atoms with Crippen molar-refractivity contribution in [3.63, 3.8) is 0 Å². The quantitative estimate of drug-likeness (QED) is 0.289. The first-order chi connectivity index (χ1) is 15.1. The van der Waals surface area contributed by atoms with Crippen LogP contribution in [0.4, 0.5) is 27.6 Å². The number of benzene rings is 2. The number of hydrogen-bond donors (Lipinski definition) is 0. The zero-order valence-corrected chi connectivity index (χ0v) is 17.9. The number of aryl methyl sites for hydroxylation is 1. The van der Waals surface area contributed by atoms with E-state index in [4.69, 9.17) is 9.47 Å². The second kappa shape index (κ2) is 8.24. The molecule has 0 atom stereocenters. The van der Waals surface area contributed by atoms with E-state index in [1.807, 2.05) is 0 Å². The summed E-state index contributed by atoms with van der Waals surface area (Å²) in [4.78, 5) is -0.627. The Labute approximate surface area is 183 Å². The lowest BCUT2D eigenvalue weighted by molar-refractivity contribution is 0.171. The fourth-order valence-corrected chi connectivity index (χ4v) is 5.65. The molecule has 1 aliphatic heterocycles. The summed E-state index contributed by atoms with van der Waals surface area (Å²) >= 11 is 1.21. The molecule has 0 N–H and O–H groups in total. The number of fused-ring (bicyclic) bond motifs is 1. The third-order valence-electron chi connectivity index (χ3n) is 4.63. The molecule has 0 bridgehead atoms. The standard InChI is InChI=1S/C20H14F5NO4S2/c1-10-2-4-12(31-10)9-26(11-3-5-13-14(8-11)30-7-6-29-13)32(27,28)20-18(24)16(22)15(21)17(23)19(20)25/h2-5,8H,6-7,9H2,1H3. The van der Waals surface area contributed by atoms with E-state index in [1.165, 1.54) is 29.5 Å². The van der Waals surface area contributed by atoms with E-state index >= 15 is 0 Å². The summed E-state index contributed by atoms with van der Waals surface area (Å²) in [6.07, 6.45) is 0. The van der Waals surface area contributed by atoms with Crippen molar-refractivity contribution in [2.75, 3.05) is 17.5 Å². The zero-order valence-electron chi connectivity index (χ0n) is 16.3. The van der Waals surface area contributed by atoms with E-state index in [0.29, 0.717) is 14.9 Å². The van der Waals surface area contributed by atoms with Crippen LogP contribution in [-0.4, -0.2) is 21.6 Å². The molecule has 4 rings (SSSR count). The predicted octanol–water partition coefficient (Wildman–Crippen LogP) is 4.92. The van der Waals surface area contributed by atoms with Crippen LogP contribution in [0, 0.1) is 36.0 Å². The number of hydrogen-bond acceptors (Lipinski definition) is 5. The maximum atomic E-state index is 14.4. The van der Waals surface area contributed by atoms with Gasteiger partial charge in [-0.3, -0.25) is 4.31 Å². The van der Waals surface area contributed by atoms with E-state index in [0.717, 1.165) is 4.88 Å². The average molecular weight is 491 g/mol. The van der Waals surface area contributed by atoms with Crippen molar-refractivity contribution in [1.29, 1.82) is 0 Å². The maximum Gasteiger partial charge on any atom is 0.270 e. The van der Waals surface area contributed by atoms with Crippen LogP contribution in [-0.2, 0) is 16.6 Å². The second-order valence-corrected chi connectivity index (χ2v) is 9.92. The molecule has 12 heteroatoms. The van der Waals surface area contributed by atoms with Crippen molar-refractivity contribution in [3.05, 3.63) is 69.2 Å². The van der Waals surface area contributed by atoms with Crippen LogP contribution in [0.15, 0.2) is 35.2 Å². The summed E-state index contributed by atoms with van der Waals surface area (Å²) in [5.41, 5.74) is -0.107. The first kappa shape index (κ1) is 22.3. The van der Waals surface area contributed by atoms with Gasteiger partial charge in [0.25, 0.3) is 10.0 Å².